The third-order valence-electron chi connectivity index (χ3n) is 4.19. The number of hydrogen-bond acceptors (Lipinski definition) is 2. The molecule has 1 unspecified atom stereocenters. The molecule has 1 saturated carbocycles. The fourth-order valence-corrected chi connectivity index (χ4v) is 2.81. The molecule has 0 aromatic heterocycles. The summed E-state index contributed by atoms with van der Waals surface area (Å²) in [6, 6.07) is 0. The summed E-state index contributed by atoms with van der Waals surface area (Å²) < 4.78 is 0. The molecule has 1 heterocycles. The van der Waals surface area contributed by atoms with Gasteiger partial charge in [0.2, 0.25) is 5.91 Å². The first-order chi connectivity index (χ1) is 8.06. The van der Waals surface area contributed by atoms with Crippen LogP contribution < -0.4 is 0 Å². The Bertz CT molecular complexity index is 325. The minimum absolute atomic E-state index is 0.0292. The van der Waals surface area contributed by atoms with Crippen LogP contribution in [0.3, 0.4) is 0 Å². The number of aliphatic carboxylic acids is 1. The molecule has 0 spiro atoms. The van der Waals surface area contributed by atoms with Crippen LogP contribution in [0.2, 0.25) is 0 Å². The topological polar surface area (TPSA) is 57.6 Å². The van der Waals surface area contributed by atoms with Crippen molar-refractivity contribution in [1.82, 2.24) is 4.90 Å². The van der Waals surface area contributed by atoms with Gasteiger partial charge in [0.05, 0.1) is 0 Å². The quantitative estimate of drug-likeness (QED) is 0.819. The van der Waals surface area contributed by atoms with Crippen LogP contribution in [-0.2, 0) is 9.59 Å². The van der Waals surface area contributed by atoms with Crippen molar-refractivity contribution in [2.45, 2.75) is 57.4 Å². The number of carboxylic acid groups (broad SMARTS) is 1. The Morgan fingerprint density at radius 3 is 2.53 bits per heavy atom. The van der Waals surface area contributed by atoms with Crippen molar-refractivity contribution in [2.24, 2.45) is 5.92 Å². The van der Waals surface area contributed by atoms with Gasteiger partial charge >= 0.3 is 5.97 Å². The highest BCUT2D eigenvalue weighted by Gasteiger charge is 2.52. The number of amides is 1. The molecule has 1 atom stereocenters. The molecule has 4 heteroatoms. The summed E-state index contributed by atoms with van der Waals surface area (Å²) in [7, 11) is 0. The van der Waals surface area contributed by atoms with Gasteiger partial charge in [-0.2, -0.15) is 0 Å². The average Bonchev–Trinajstić information content (AvgIpc) is 3.06. The predicted molar refractivity (Wildman–Crippen MR) is 63.6 cm³/mol. The van der Waals surface area contributed by atoms with Crippen LogP contribution >= 0.6 is 0 Å². The molecule has 96 valence electrons. The first-order valence-electron chi connectivity index (χ1n) is 6.60. The van der Waals surface area contributed by atoms with Crippen molar-refractivity contribution < 1.29 is 14.7 Å². The maximum atomic E-state index is 12.1. The summed E-state index contributed by atoms with van der Waals surface area (Å²) in [5, 5.41) is 9.48. The molecule has 2 rings (SSSR count). The number of carbonyl (C=O) groups excluding carboxylic acids is 1. The second kappa shape index (κ2) is 4.67. The minimum atomic E-state index is -0.964. The van der Waals surface area contributed by atoms with Gasteiger partial charge in [-0.15, -0.1) is 0 Å². The Balaban J connectivity index is 2.20. The Kier molecular flexibility index (Phi) is 3.40. The van der Waals surface area contributed by atoms with Crippen molar-refractivity contribution in [3.8, 4) is 0 Å². The Morgan fingerprint density at radius 2 is 1.94 bits per heavy atom. The predicted octanol–water partition coefficient (Wildman–Crippen LogP) is 2.03. The number of hydrogen-bond donors (Lipinski definition) is 1. The van der Waals surface area contributed by atoms with Crippen LogP contribution in [0, 0.1) is 5.92 Å². The van der Waals surface area contributed by atoms with E-state index in [9.17, 15) is 14.7 Å². The smallest absolute Gasteiger partial charge is 0.329 e. The van der Waals surface area contributed by atoms with Gasteiger partial charge in [-0.05, 0) is 38.5 Å². The highest BCUT2D eigenvalue weighted by Crippen LogP contribution is 2.44. The van der Waals surface area contributed by atoms with Gasteiger partial charge in [-0.3, -0.25) is 4.79 Å². The second-order valence-electron chi connectivity index (χ2n) is 5.44. The zero-order valence-electron chi connectivity index (χ0n) is 10.4. The van der Waals surface area contributed by atoms with E-state index in [0.717, 1.165) is 38.5 Å². The van der Waals surface area contributed by atoms with Gasteiger partial charge in [0.1, 0.15) is 5.54 Å². The minimum Gasteiger partial charge on any atom is -0.479 e. The van der Waals surface area contributed by atoms with Crippen LogP contribution in [0.25, 0.3) is 0 Å². The molecule has 1 saturated heterocycles. The van der Waals surface area contributed by atoms with Gasteiger partial charge < -0.3 is 10.0 Å². The number of rotatable bonds is 3. The van der Waals surface area contributed by atoms with Gasteiger partial charge in [0.25, 0.3) is 0 Å². The third kappa shape index (κ3) is 2.31. The van der Waals surface area contributed by atoms with E-state index < -0.39 is 11.5 Å². The van der Waals surface area contributed by atoms with Crippen molar-refractivity contribution in [1.29, 1.82) is 0 Å². The first kappa shape index (κ1) is 12.4. The van der Waals surface area contributed by atoms with Crippen LogP contribution in [0.4, 0.5) is 0 Å². The molecule has 17 heavy (non-hydrogen) atoms. The van der Waals surface area contributed by atoms with Crippen molar-refractivity contribution >= 4 is 11.9 Å². The molecule has 1 N–H and O–H groups in total. The fraction of sp³-hybridized carbons (Fsp3) is 0.846. The maximum Gasteiger partial charge on any atom is 0.329 e. The first-order valence-corrected chi connectivity index (χ1v) is 6.60. The second-order valence-corrected chi connectivity index (χ2v) is 5.44. The lowest BCUT2D eigenvalue weighted by molar-refractivity contribution is -0.160. The Labute approximate surface area is 102 Å². The number of carboxylic acids is 1. The molecule has 2 aliphatic rings. The largest absolute Gasteiger partial charge is 0.479 e. The molecular formula is C13H21NO3. The third-order valence-corrected chi connectivity index (χ3v) is 4.19. The van der Waals surface area contributed by atoms with E-state index in [-0.39, 0.29) is 11.8 Å². The van der Waals surface area contributed by atoms with Gasteiger partial charge in [0.15, 0.2) is 0 Å². The normalized spacial score (nSPS) is 25.9. The van der Waals surface area contributed by atoms with Gasteiger partial charge in [-0.1, -0.05) is 12.8 Å². The molecule has 2 fully saturated rings. The number of carbonyl (C=O) groups is 2. The summed E-state index contributed by atoms with van der Waals surface area (Å²) in [6.45, 7) is 2.34. The van der Waals surface area contributed by atoms with Crippen molar-refractivity contribution in [2.75, 3.05) is 6.54 Å². The van der Waals surface area contributed by atoms with Crippen LogP contribution in [0.1, 0.15) is 51.9 Å². The van der Waals surface area contributed by atoms with E-state index in [1.165, 1.54) is 0 Å². The average molecular weight is 239 g/mol. The van der Waals surface area contributed by atoms with E-state index in [1.807, 2.05) is 0 Å². The Morgan fingerprint density at radius 1 is 1.29 bits per heavy atom. The van der Waals surface area contributed by atoms with E-state index in [1.54, 1.807) is 11.8 Å². The van der Waals surface area contributed by atoms with E-state index >= 15 is 0 Å². The molecule has 0 aromatic rings. The summed E-state index contributed by atoms with van der Waals surface area (Å²) in [5.41, 5.74) is -0.964. The molecule has 1 amide bonds. The van der Waals surface area contributed by atoms with Gasteiger partial charge in [0, 0.05) is 13.0 Å². The van der Waals surface area contributed by atoms with Gasteiger partial charge in [-0.25, -0.2) is 4.79 Å². The van der Waals surface area contributed by atoms with Crippen molar-refractivity contribution in [3.05, 3.63) is 0 Å². The van der Waals surface area contributed by atoms with Crippen LogP contribution in [-0.4, -0.2) is 34.0 Å². The maximum absolute atomic E-state index is 12.1. The molecule has 1 aliphatic carbocycles. The monoisotopic (exact) mass is 239 g/mol. The molecule has 0 bridgehead atoms. The molecule has 0 radical (unpaired) electrons. The lowest BCUT2D eigenvalue weighted by atomic mass is 9.91. The Hall–Kier alpha value is -1.06. The highest BCUT2D eigenvalue weighted by molar-refractivity contribution is 5.87. The van der Waals surface area contributed by atoms with Crippen LogP contribution in [0.15, 0.2) is 0 Å². The lowest BCUT2D eigenvalue weighted by Gasteiger charge is -2.39. The van der Waals surface area contributed by atoms with Crippen LogP contribution in [0.5, 0.6) is 0 Å². The van der Waals surface area contributed by atoms with E-state index in [4.69, 9.17) is 0 Å². The van der Waals surface area contributed by atoms with E-state index in [2.05, 4.69) is 0 Å². The SMILES string of the molecule is CC(C(=O)O)(C1CC1)N1CCCCCCC1=O. The fourth-order valence-electron chi connectivity index (χ4n) is 2.81. The lowest BCUT2D eigenvalue weighted by Crippen LogP contribution is -2.57. The molecule has 1 aliphatic heterocycles. The zero-order valence-corrected chi connectivity index (χ0v) is 10.4. The zero-order chi connectivity index (χ0) is 12.5. The molecule has 0 aromatic carbocycles. The summed E-state index contributed by atoms with van der Waals surface area (Å²) in [5.74, 6) is -0.654. The van der Waals surface area contributed by atoms with Crippen molar-refractivity contribution in [3.63, 3.8) is 0 Å². The summed E-state index contributed by atoms with van der Waals surface area (Å²) >= 11 is 0. The highest BCUT2D eigenvalue weighted by atomic mass is 16.4. The molecule has 4 nitrogen and oxygen atoms in total. The molecular weight excluding hydrogens is 218 g/mol. The summed E-state index contributed by atoms with van der Waals surface area (Å²) in [6.07, 6.45) is 6.41. The summed E-state index contributed by atoms with van der Waals surface area (Å²) in [4.78, 5) is 25.3. The number of likely N-dealkylation sites (tertiary alicyclic amines) is 1. The van der Waals surface area contributed by atoms with E-state index in [0.29, 0.717) is 13.0 Å². The standard InChI is InChI=1S/C13H21NO3/c1-13(12(16)17,10-7-8-10)14-9-5-3-2-4-6-11(14)15/h10H,2-9H2,1H3,(H,16,17). The number of nitrogens with zero attached hydrogens (tertiary/aromatic N) is 1.